The Morgan fingerprint density at radius 1 is 0.967 bits per heavy atom. The summed E-state index contributed by atoms with van der Waals surface area (Å²) < 4.78 is 61.8. The molecule has 0 radical (unpaired) electrons. The van der Waals surface area contributed by atoms with Crippen LogP contribution in [0.4, 0.5) is 11.5 Å². The molecule has 1 aromatic heterocycles. The summed E-state index contributed by atoms with van der Waals surface area (Å²) in [6.07, 6.45) is 2.32. The molecule has 0 saturated heterocycles. The van der Waals surface area contributed by atoms with Crippen LogP contribution >= 0.6 is 0 Å². The lowest BCUT2D eigenvalue weighted by molar-refractivity contribution is 0.398. The van der Waals surface area contributed by atoms with Crippen LogP contribution in [0.15, 0.2) is 46.5 Å². The van der Waals surface area contributed by atoms with Gasteiger partial charge in [0, 0.05) is 18.4 Å². The van der Waals surface area contributed by atoms with Crippen molar-refractivity contribution in [1.82, 2.24) is 14.7 Å². The molecule has 3 rings (SSSR count). The van der Waals surface area contributed by atoms with Crippen molar-refractivity contribution in [2.75, 3.05) is 32.8 Å². The van der Waals surface area contributed by atoms with Crippen LogP contribution in [0.25, 0.3) is 10.9 Å². The SMILES string of the molecule is CNS(=O)(=O)c1ccc(S(C)(=O)=O)c(Nc2ncnc3cc(OC)cc(OC)c23)c1. The quantitative estimate of drug-likeness (QED) is 0.549. The Labute approximate surface area is 174 Å². The van der Waals surface area contributed by atoms with E-state index in [0.29, 0.717) is 22.4 Å². The van der Waals surface area contributed by atoms with Crippen molar-refractivity contribution in [1.29, 1.82) is 0 Å². The van der Waals surface area contributed by atoms with Crippen molar-refractivity contribution in [2.45, 2.75) is 9.79 Å². The van der Waals surface area contributed by atoms with Crippen molar-refractivity contribution >= 4 is 42.3 Å². The van der Waals surface area contributed by atoms with Gasteiger partial charge < -0.3 is 14.8 Å². The maximum Gasteiger partial charge on any atom is 0.240 e. The number of fused-ring (bicyclic) bond motifs is 1. The number of nitrogens with one attached hydrogen (secondary N) is 2. The fourth-order valence-electron chi connectivity index (χ4n) is 2.85. The zero-order chi connectivity index (χ0) is 22.1. The molecule has 0 amide bonds. The van der Waals surface area contributed by atoms with Crippen LogP contribution in [0, 0.1) is 0 Å². The van der Waals surface area contributed by atoms with Crippen LogP contribution in [-0.2, 0) is 19.9 Å². The molecule has 0 saturated carbocycles. The molecular formula is C18H20N4O6S2. The normalized spacial score (nSPS) is 12.0. The third-order valence-electron chi connectivity index (χ3n) is 4.31. The summed E-state index contributed by atoms with van der Waals surface area (Å²) >= 11 is 0. The summed E-state index contributed by atoms with van der Waals surface area (Å²) in [5.74, 6) is 1.15. The van der Waals surface area contributed by atoms with Crippen molar-refractivity contribution in [3.63, 3.8) is 0 Å². The number of benzene rings is 2. The molecule has 0 bridgehead atoms. The van der Waals surface area contributed by atoms with Crippen LogP contribution in [0.3, 0.4) is 0 Å². The molecule has 2 aromatic carbocycles. The molecule has 0 spiro atoms. The highest BCUT2D eigenvalue weighted by molar-refractivity contribution is 7.91. The van der Waals surface area contributed by atoms with E-state index in [0.717, 1.165) is 6.26 Å². The molecule has 0 fully saturated rings. The van der Waals surface area contributed by atoms with Gasteiger partial charge in [0.2, 0.25) is 10.0 Å². The predicted octanol–water partition coefficient (Wildman–Crippen LogP) is 1.70. The molecule has 12 heteroatoms. The number of sulfonamides is 1. The smallest absolute Gasteiger partial charge is 0.240 e. The lowest BCUT2D eigenvalue weighted by atomic mass is 10.2. The Balaban J connectivity index is 2.25. The minimum Gasteiger partial charge on any atom is -0.497 e. The van der Waals surface area contributed by atoms with Crippen molar-refractivity contribution in [3.05, 3.63) is 36.7 Å². The maximum atomic E-state index is 12.3. The van der Waals surface area contributed by atoms with E-state index in [1.54, 1.807) is 12.1 Å². The summed E-state index contributed by atoms with van der Waals surface area (Å²) in [7, 11) is -3.23. The predicted molar refractivity (Wildman–Crippen MR) is 112 cm³/mol. The van der Waals surface area contributed by atoms with Gasteiger partial charge in [-0.05, 0) is 25.2 Å². The van der Waals surface area contributed by atoms with Gasteiger partial charge in [0.25, 0.3) is 0 Å². The van der Waals surface area contributed by atoms with Gasteiger partial charge in [-0.2, -0.15) is 0 Å². The molecule has 0 aliphatic heterocycles. The van der Waals surface area contributed by atoms with Gasteiger partial charge in [0.05, 0.1) is 40.6 Å². The Hall–Kier alpha value is -2.96. The van der Waals surface area contributed by atoms with Crippen LogP contribution in [-0.4, -0.2) is 54.3 Å². The maximum absolute atomic E-state index is 12.3. The number of rotatable bonds is 7. The minimum absolute atomic E-state index is 0.0479. The highest BCUT2D eigenvalue weighted by atomic mass is 32.2. The summed E-state index contributed by atoms with van der Waals surface area (Å²) in [5, 5.41) is 3.40. The number of anilines is 2. The Morgan fingerprint density at radius 2 is 1.70 bits per heavy atom. The van der Waals surface area contributed by atoms with Crippen LogP contribution in [0.2, 0.25) is 0 Å². The average Bonchev–Trinajstić information content (AvgIpc) is 2.72. The second-order valence-corrected chi connectivity index (χ2v) is 10.1. The standard InChI is InChI=1S/C18H20N4O6S2/c1-19-30(25,26)12-5-6-16(29(4,23)24)13(9-12)22-18-17-14(20-10-21-18)7-11(27-2)8-15(17)28-3/h5-10,19H,1-4H3,(H,20,21,22). The first-order chi connectivity index (χ1) is 14.1. The van der Waals surface area contributed by atoms with E-state index < -0.39 is 19.9 Å². The number of sulfone groups is 1. The molecule has 2 N–H and O–H groups in total. The lowest BCUT2D eigenvalue weighted by Crippen LogP contribution is -2.19. The number of aromatic nitrogens is 2. The first kappa shape index (κ1) is 21.7. The first-order valence-corrected chi connectivity index (χ1v) is 11.9. The second-order valence-electron chi connectivity index (χ2n) is 6.21. The Bertz CT molecular complexity index is 1320. The number of ether oxygens (including phenoxy) is 2. The van der Waals surface area contributed by atoms with E-state index in [2.05, 4.69) is 20.0 Å². The van der Waals surface area contributed by atoms with E-state index in [1.165, 1.54) is 45.8 Å². The van der Waals surface area contributed by atoms with E-state index in [4.69, 9.17) is 9.47 Å². The summed E-state index contributed by atoms with van der Waals surface area (Å²) in [4.78, 5) is 8.21. The molecule has 0 aliphatic carbocycles. The topological polar surface area (TPSA) is 137 Å². The van der Waals surface area contributed by atoms with Crippen molar-refractivity contribution in [3.8, 4) is 11.5 Å². The second kappa shape index (κ2) is 8.05. The molecule has 3 aromatic rings. The van der Waals surface area contributed by atoms with E-state index >= 15 is 0 Å². The average molecular weight is 453 g/mol. The molecule has 160 valence electrons. The first-order valence-electron chi connectivity index (χ1n) is 8.52. The van der Waals surface area contributed by atoms with Gasteiger partial charge in [-0.1, -0.05) is 0 Å². The van der Waals surface area contributed by atoms with Gasteiger partial charge in [-0.25, -0.2) is 31.5 Å². The van der Waals surface area contributed by atoms with Crippen LogP contribution in [0.1, 0.15) is 0 Å². The van der Waals surface area contributed by atoms with Crippen molar-refractivity contribution < 1.29 is 26.3 Å². The van der Waals surface area contributed by atoms with E-state index in [9.17, 15) is 16.8 Å². The van der Waals surface area contributed by atoms with Crippen LogP contribution in [0.5, 0.6) is 11.5 Å². The zero-order valence-corrected chi connectivity index (χ0v) is 18.3. The van der Waals surface area contributed by atoms with E-state index in [1.807, 2.05) is 0 Å². The Morgan fingerprint density at radius 3 is 2.30 bits per heavy atom. The fourth-order valence-corrected chi connectivity index (χ4v) is 4.43. The number of hydrogen-bond donors (Lipinski definition) is 2. The third-order valence-corrected chi connectivity index (χ3v) is 6.88. The Kier molecular flexibility index (Phi) is 5.83. The van der Waals surface area contributed by atoms with Crippen molar-refractivity contribution in [2.24, 2.45) is 0 Å². The highest BCUT2D eigenvalue weighted by Gasteiger charge is 2.21. The zero-order valence-electron chi connectivity index (χ0n) is 16.6. The van der Waals surface area contributed by atoms with E-state index in [-0.39, 0.29) is 21.3 Å². The third kappa shape index (κ3) is 4.15. The summed E-state index contributed by atoms with van der Waals surface area (Å²) in [5.41, 5.74) is 0.537. The summed E-state index contributed by atoms with van der Waals surface area (Å²) in [6, 6.07) is 6.98. The molecule has 1 heterocycles. The minimum atomic E-state index is -3.80. The number of nitrogens with zero attached hydrogens (tertiary/aromatic N) is 2. The van der Waals surface area contributed by atoms with Gasteiger partial charge in [0.15, 0.2) is 9.84 Å². The van der Waals surface area contributed by atoms with Crippen LogP contribution < -0.4 is 19.5 Å². The molecule has 0 atom stereocenters. The largest absolute Gasteiger partial charge is 0.497 e. The molecule has 30 heavy (non-hydrogen) atoms. The number of methoxy groups -OCH3 is 2. The lowest BCUT2D eigenvalue weighted by Gasteiger charge is -2.15. The van der Waals surface area contributed by atoms with Gasteiger partial charge in [-0.3, -0.25) is 0 Å². The fraction of sp³-hybridized carbons (Fsp3) is 0.222. The highest BCUT2D eigenvalue weighted by Crippen LogP contribution is 2.36. The number of hydrogen-bond acceptors (Lipinski definition) is 9. The van der Waals surface area contributed by atoms with Gasteiger partial charge in [0.1, 0.15) is 23.6 Å². The molecular weight excluding hydrogens is 432 g/mol. The monoisotopic (exact) mass is 452 g/mol. The molecule has 0 unspecified atom stereocenters. The summed E-state index contributed by atoms with van der Waals surface area (Å²) in [6.45, 7) is 0. The molecule has 10 nitrogen and oxygen atoms in total. The van der Waals surface area contributed by atoms with Gasteiger partial charge in [-0.15, -0.1) is 0 Å². The molecule has 0 aliphatic rings. The van der Waals surface area contributed by atoms with Gasteiger partial charge >= 0.3 is 0 Å².